The lowest BCUT2D eigenvalue weighted by molar-refractivity contribution is 0.384. The van der Waals surface area contributed by atoms with Gasteiger partial charge in [-0.3, -0.25) is 0 Å². The SMILES string of the molecule is COc1cnc(OC)c(I)c1. The van der Waals surface area contributed by atoms with E-state index in [1.165, 1.54) is 0 Å². The summed E-state index contributed by atoms with van der Waals surface area (Å²) in [6, 6.07) is 1.87. The van der Waals surface area contributed by atoms with E-state index >= 15 is 0 Å². The summed E-state index contributed by atoms with van der Waals surface area (Å²) in [6.45, 7) is 0. The molecule has 0 unspecified atom stereocenters. The Hall–Kier alpha value is -0.520. The minimum absolute atomic E-state index is 0.631. The summed E-state index contributed by atoms with van der Waals surface area (Å²) in [5.41, 5.74) is 0. The summed E-state index contributed by atoms with van der Waals surface area (Å²) >= 11 is 2.14. The van der Waals surface area contributed by atoms with Gasteiger partial charge in [0.05, 0.1) is 24.0 Å². The highest BCUT2D eigenvalue weighted by Gasteiger charge is 2.01. The maximum Gasteiger partial charge on any atom is 0.227 e. The van der Waals surface area contributed by atoms with E-state index in [9.17, 15) is 0 Å². The molecule has 0 saturated carbocycles. The van der Waals surface area contributed by atoms with E-state index in [2.05, 4.69) is 27.6 Å². The zero-order chi connectivity index (χ0) is 8.27. The molecule has 11 heavy (non-hydrogen) atoms. The molecular formula is C7H8INO2. The van der Waals surface area contributed by atoms with Crippen LogP contribution in [0.4, 0.5) is 0 Å². The molecule has 1 rings (SSSR count). The number of nitrogens with zero attached hydrogens (tertiary/aromatic N) is 1. The summed E-state index contributed by atoms with van der Waals surface area (Å²) in [7, 11) is 3.20. The van der Waals surface area contributed by atoms with Crippen molar-refractivity contribution in [3.63, 3.8) is 0 Å². The van der Waals surface area contributed by atoms with Gasteiger partial charge >= 0.3 is 0 Å². The van der Waals surface area contributed by atoms with Crippen molar-refractivity contribution in [1.29, 1.82) is 0 Å². The van der Waals surface area contributed by atoms with E-state index in [1.54, 1.807) is 20.4 Å². The monoisotopic (exact) mass is 265 g/mol. The molecule has 0 bridgehead atoms. The molecule has 0 aliphatic carbocycles. The molecule has 0 spiro atoms. The Morgan fingerprint density at radius 1 is 1.36 bits per heavy atom. The zero-order valence-electron chi connectivity index (χ0n) is 6.30. The van der Waals surface area contributed by atoms with Crippen molar-refractivity contribution in [2.75, 3.05) is 14.2 Å². The van der Waals surface area contributed by atoms with Crippen molar-refractivity contribution in [3.8, 4) is 11.6 Å². The van der Waals surface area contributed by atoms with Crippen molar-refractivity contribution in [2.45, 2.75) is 0 Å². The fourth-order valence-electron chi connectivity index (χ4n) is 0.670. The molecule has 0 aliphatic rings. The van der Waals surface area contributed by atoms with Gasteiger partial charge in [0, 0.05) is 6.07 Å². The number of aromatic nitrogens is 1. The first-order chi connectivity index (χ1) is 5.27. The van der Waals surface area contributed by atoms with Crippen LogP contribution in [0.2, 0.25) is 0 Å². The Balaban J connectivity index is 2.99. The van der Waals surface area contributed by atoms with Gasteiger partial charge in [-0.25, -0.2) is 4.98 Å². The van der Waals surface area contributed by atoms with Crippen LogP contribution in [0.3, 0.4) is 0 Å². The highest BCUT2D eigenvalue weighted by atomic mass is 127. The number of hydrogen-bond acceptors (Lipinski definition) is 3. The number of pyridine rings is 1. The van der Waals surface area contributed by atoms with Crippen LogP contribution >= 0.6 is 22.6 Å². The standard InChI is InChI=1S/C7H8INO2/c1-10-5-3-6(8)7(11-2)9-4-5/h3-4H,1-2H3. The molecule has 0 aliphatic heterocycles. The molecule has 0 aromatic carbocycles. The first-order valence-electron chi connectivity index (χ1n) is 3.01. The van der Waals surface area contributed by atoms with Crippen LogP contribution in [0.5, 0.6) is 11.6 Å². The first-order valence-corrected chi connectivity index (χ1v) is 4.09. The van der Waals surface area contributed by atoms with Gasteiger partial charge in [0.25, 0.3) is 0 Å². The fraction of sp³-hybridized carbons (Fsp3) is 0.286. The lowest BCUT2D eigenvalue weighted by atomic mass is 10.4. The largest absolute Gasteiger partial charge is 0.495 e. The molecule has 4 heteroatoms. The van der Waals surface area contributed by atoms with Gasteiger partial charge in [-0.2, -0.15) is 0 Å². The Bertz CT molecular complexity index is 252. The zero-order valence-corrected chi connectivity index (χ0v) is 8.45. The van der Waals surface area contributed by atoms with Crippen LogP contribution in [0.25, 0.3) is 0 Å². The third-order valence-electron chi connectivity index (χ3n) is 1.21. The molecule has 60 valence electrons. The molecular weight excluding hydrogens is 257 g/mol. The second kappa shape index (κ2) is 3.75. The van der Waals surface area contributed by atoms with E-state index in [0.717, 1.165) is 9.32 Å². The summed E-state index contributed by atoms with van der Waals surface area (Å²) < 4.78 is 10.9. The fourth-order valence-corrected chi connectivity index (χ4v) is 1.34. The predicted molar refractivity (Wildman–Crippen MR) is 50.1 cm³/mol. The number of halogens is 1. The van der Waals surface area contributed by atoms with Crippen molar-refractivity contribution >= 4 is 22.6 Å². The van der Waals surface area contributed by atoms with Crippen molar-refractivity contribution in [3.05, 3.63) is 15.8 Å². The molecule has 0 N–H and O–H groups in total. The topological polar surface area (TPSA) is 31.4 Å². The van der Waals surface area contributed by atoms with Crippen LogP contribution in [0, 0.1) is 3.57 Å². The third-order valence-corrected chi connectivity index (χ3v) is 1.98. The van der Waals surface area contributed by atoms with Gasteiger partial charge in [-0.15, -0.1) is 0 Å². The molecule has 1 heterocycles. The van der Waals surface area contributed by atoms with E-state index in [4.69, 9.17) is 9.47 Å². The minimum atomic E-state index is 0.631. The van der Waals surface area contributed by atoms with E-state index in [1.807, 2.05) is 6.07 Å². The Morgan fingerprint density at radius 3 is 2.55 bits per heavy atom. The van der Waals surface area contributed by atoms with Crippen molar-refractivity contribution < 1.29 is 9.47 Å². The molecule has 0 amide bonds. The molecule has 3 nitrogen and oxygen atoms in total. The van der Waals surface area contributed by atoms with Crippen LogP contribution in [0.1, 0.15) is 0 Å². The average molecular weight is 265 g/mol. The van der Waals surface area contributed by atoms with E-state index in [0.29, 0.717) is 5.88 Å². The summed E-state index contributed by atoms with van der Waals surface area (Å²) in [4.78, 5) is 4.01. The van der Waals surface area contributed by atoms with Crippen molar-refractivity contribution in [2.24, 2.45) is 0 Å². The quantitative estimate of drug-likeness (QED) is 0.763. The van der Waals surface area contributed by atoms with Gasteiger partial charge in [0.15, 0.2) is 0 Å². The Morgan fingerprint density at radius 2 is 2.09 bits per heavy atom. The van der Waals surface area contributed by atoms with Crippen LogP contribution in [0.15, 0.2) is 12.3 Å². The smallest absolute Gasteiger partial charge is 0.227 e. The van der Waals surface area contributed by atoms with Crippen LogP contribution in [-0.4, -0.2) is 19.2 Å². The molecule has 0 saturated heterocycles. The summed E-state index contributed by atoms with van der Waals surface area (Å²) in [5.74, 6) is 1.38. The Labute approximate surface area is 78.9 Å². The number of rotatable bonds is 2. The van der Waals surface area contributed by atoms with E-state index in [-0.39, 0.29) is 0 Å². The van der Waals surface area contributed by atoms with Crippen LogP contribution < -0.4 is 9.47 Å². The number of methoxy groups -OCH3 is 2. The van der Waals surface area contributed by atoms with Crippen LogP contribution in [-0.2, 0) is 0 Å². The number of ether oxygens (including phenoxy) is 2. The first kappa shape index (κ1) is 8.58. The number of hydrogen-bond donors (Lipinski definition) is 0. The third kappa shape index (κ3) is 1.95. The lowest BCUT2D eigenvalue weighted by Gasteiger charge is -2.03. The maximum absolute atomic E-state index is 4.97. The average Bonchev–Trinajstić information content (AvgIpc) is 2.04. The highest BCUT2D eigenvalue weighted by Crippen LogP contribution is 2.21. The summed E-state index contributed by atoms with van der Waals surface area (Å²) in [6.07, 6.45) is 1.63. The molecule has 0 atom stereocenters. The normalized spacial score (nSPS) is 9.36. The molecule has 0 fully saturated rings. The Kier molecular flexibility index (Phi) is 2.92. The second-order valence-corrected chi connectivity index (χ2v) is 3.03. The summed E-state index contributed by atoms with van der Waals surface area (Å²) in [5, 5.41) is 0. The molecule has 1 aromatic heterocycles. The van der Waals surface area contributed by atoms with Gasteiger partial charge in [0.2, 0.25) is 5.88 Å². The van der Waals surface area contributed by atoms with Crippen molar-refractivity contribution in [1.82, 2.24) is 4.98 Å². The van der Waals surface area contributed by atoms with Gasteiger partial charge < -0.3 is 9.47 Å². The van der Waals surface area contributed by atoms with Gasteiger partial charge in [-0.1, -0.05) is 0 Å². The lowest BCUT2D eigenvalue weighted by Crippen LogP contribution is -1.92. The maximum atomic E-state index is 4.97. The predicted octanol–water partition coefficient (Wildman–Crippen LogP) is 1.70. The van der Waals surface area contributed by atoms with Gasteiger partial charge in [0.1, 0.15) is 5.75 Å². The van der Waals surface area contributed by atoms with Gasteiger partial charge in [-0.05, 0) is 22.6 Å². The highest BCUT2D eigenvalue weighted by molar-refractivity contribution is 14.1. The molecule has 0 radical (unpaired) electrons. The second-order valence-electron chi connectivity index (χ2n) is 1.87. The minimum Gasteiger partial charge on any atom is -0.495 e. The van der Waals surface area contributed by atoms with E-state index < -0.39 is 0 Å². The molecule has 1 aromatic rings.